The largest absolute Gasteiger partial charge is 0.444 e. The van der Waals surface area contributed by atoms with Crippen molar-refractivity contribution in [3.05, 3.63) is 87.8 Å². The number of carbonyl (C=O) groups excluding carboxylic acids is 2. The van der Waals surface area contributed by atoms with Gasteiger partial charge in [0.25, 0.3) is 11.8 Å². The maximum Gasteiger partial charge on any atom is 0.293 e. The summed E-state index contributed by atoms with van der Waals surface area (Å²) in [7, 11) is 1.65. The van der Waals surface area contributed by atoms with E-state index in [0.29, 0.717) is 29.0 Å². The van der Waals surface area contributed by atoms with E-state index < -0.39 is 0 Å². The average Bonchev–Trinajstić information content (AvgIpc) is 3.18. The second kappa shape index (κ2) is 7.64. The van der Waals surface area contributed by atoms with Gasteiger partial charge in [-0.15, -0.1) is 0 Å². The first-order valence-corrected chi connectivity index (χ1v) is 9.82. The Bertz CT molecular complexity index is 1040. The van der Waals surface area contributed by atoms with Crippen LogP contribution >= 0.6 is 15.9 Å². The summed E-state index contributed by atoms with van der Waals surface area (Å²) in [5.74, 6) is -0.177. The van der Waals surface area contributed by atoms with Crippen LogP contribution in [0.15, 0.2) is 69.8 Å². The third-order valence-corrected chi connectivity index (χ3v) is 5.43. The number of halogens is 1. The monoisotopic (exact) mass is 438 g/mol. The van der Waals surface area contributed by atoms with Crippen molar-refractivity contribution in [1.29, 1.82) is 0 Å². The van der Waals surface area contributed by atoms with Crippen molar-refractivity contribution in [2.75, 3.05) is 18.5 Å². The Hall–Kier alpha value is -2.86. The predicted octanol–water partition coefficient (Wildman–Crippen LogP) is 4.52. The van der Waals surface area contributed by atoms with Crippen LogP contribution < -0.4 is 4.90 Å². The molecule has 0 aliphatic carbocycles. The van der Waals surface area contributed by atoms with Gasteiger partial charge in [0, 0.05) is 20.1 Å². The van der Waals surface area contributed by atoms with E-state index in [0.717, 1.165) is 6.42 Å². The van der Waals surface area contributed by atoms with E-state index in [9.17, 15) is 9.59 Å². The predicted molar refractivity (Wildman–Crippen MR) is 110 cm³/mol. The molecule has 0 unspecified atom stereocenters. The van der Waals surface area contributed by atoms with E-state index in [1.807, 2.05) is 29.2 Å². The lowest BCUT2D eigenvalue weighted by Crippen LogP contribution is -2.37. The van der Waals surface area contributed by atoms with Crippen molar-refractivity contribution >= 4 is 33.4 Å². The molecule has 28 heavy (non-hydrogen) atoms. The van der Waals surface area contributed by atoms with Gasteiger partial charge in [-0.1, -0.05) is 36.4 Å². The standard InChI is InChI=1S/C22H19BrN2O3/c1-24(22(27)19-10-11-20(23)28-19)18-9-5-4-8-17(18)21(26)25-13-12-15-6-2-3-7-16(15)14-25/h2-11H,12-14H2,1H3. The van der Waals surface area contributed by atoms with Gasteiger partial charge < -0.3 is 14.2 Å². The van der Waals surface area contributed by atoms with E-state index in [-0.39, 0.29) is 17.6 Å². The van der Waals surface area contributed by atoms with Crippen molar-refractivity contribution in [2.24, 2.45) is 0 Å². The number of nitrogens with zero attached hydrogens (tertiary/aromatic N) is 2. The van der Waals surface area contributed by atoms with Gasteiger partial charge >= 0.3 is 0 Å². The Morgan fingerprint density at radius 3 is 2.46 bits per heavy atom. The summed E-state index contributed by atoms with van der Waals surface area (Å²) in [5.41, 5.74) is 3.52. The van der Waals surface area contributed by atoms with Crippen LogP contribution in [0.1, 0.15) is 32.0 Å². The number of amides is 2. The van der Waals surface area contributed by atoms with Crippen molar-refractivity contribution in [1.82, 2.24) is 4.90 Å². The molecular weight excluding hydrogens is 420 g/mol. The molecule has 1 aliphatic rings. The van der Waals surface area contributed by atoms with Gasteiger partial charge in [-0.05, 0) is 57.7 Å². The average molecular weight is 439 g/mol. The molecular formula is C22H19BrN2O3. The second-order valence-electron chi connectivity index (χ2n) is 6.73. The lowest BCUT2D eigenvalue weighted by atomic mass is 9.99. The molecule has 0 radical (unpaired) electrons. The van der Waals surface area contributed by atoms with Crippen LogP contribution in [0.3, 0.4) is 0 Å². The summed E-state index contributed by atoms with van der Waals surface area (Å²) in [6.45, 7) is 1.24. The van der Waals surface area contributed by atoms with Gasteiger partial charge in [0.2, 0.25) is 0 Å². The molecule has 0 N–H and O–H groups in total. The van der Waals surface area contributed by atoms with Crippen LogP contribution in [0.2, 0.25) is 0 Å². The van der Waals surface area contributed by atoms with Gasteiger partial charge in [-0.3, -0.25) is 9.59 Å². The third kappa shape index (κ3) is 3.47. The molecule has 0 atom stereocenters. The zero-order chi connectivity index (χ0) is 19.7. The summed E-state index contributed by atoms with van der Waals surface area (Å²) in [5, 5.41) is 0. The molecule has 2 heterocycles. The quantitative estimate of drug-likeness (QED) is 0.603. The number of para-hydroxylation sites is 1. The lowest BCUT2D eigenvalue weighted by molar-refractivity contribution is 0.0735. The Balaban J connectivity index is 1.61. The first kappa shape index (κ1) is 18.5. The number of rotatable bonds is 3. The van der Waals surface area contributed by atoms with Crippen molar-refractivity contribution < 1.29 is 14.0 Å². The maximum atomic E-state index is 13.3. The highest BCUT2D eigenvalue weighted by atomic mass is 79.9. The highest BCUT2D eigenvalue weighted by Gasteiger charge is 2.26. The topological polar surface area (TPSA) is 53.8 Å². The van der Waals surface area contributed by atoms with Crippen molar-refractivity contribution in [3.63, 3.8) is 0 Å². The number of carbonyl (C=O) groups is 2. The summed E-state index contributed by atoms with van der Waals surface area (Å²) in [6, 6.07) is 18.6. The molecule has 142 valence electrons. The Labute approximate surface area is 171 Å². The van der Waals surface area contributed by atoms with Gasteiger partial charge in [-0.2, -0.15) is 0 Å². The highest BCUT2D eigenvalue weighted by molar-refractivity contribution is 9.10. The first-order chi connectivity index (χ1) is 13.5. The highest BCUT2D eigenvalue weighted by Crippen LogP contribution is 2.26. The number of hydrogen-bond donors (Lipinski definition) is 0. The van der Waals surface area contributed by atoms with Crippen LogP contribution in [-0.2, 0) is 13.0 Å². The number of furan rings is 1. The van der Waals surface area contributed by atoms with E-state index >= 15 is 0 Å². The van der Waals surface area contributed by atoms with Crippen LogP contribution in [0, 0.1) is 0 Å². The minimum Gasteiger partial charge on any atom is -0.444 e. The SMILES string of the molecule is CN(C(=O)c1ccc(Br)o1)c1ccccc1C(=O)N1CCc2ccccc2C1. The van der Waals surface area contributed by atoms with E-state index in [1.54, 1.807) is 31.3 Å². The molecule has 0 saturated carbocycles. The van der Waals surface area contributed by atoms with Crippen LogP contribution in [0.25, 0.3) is 0 Å². The van der Waals surface area contributed by atoms with Crippen LogP contribution in [-0.4, -0.2) is 30.3 Å². The van der Waals surface area contributed by atoms with Gasteiger partial charge in [0.15, 0.2) is 10.4 Å². The molecule has 1 aliphatic heterocycles. The van der Waals surface area contributed by atoms with Crippen molar-refractivity contribution in [2.45, 2.75) is 13.0 Å². The fraction of sp³-hybridized carbons (Fsp3) is 0.182. The molecule has 3 aromatic rings. The van der Waals surface area contributed by atoms with E-state index in [4.69, 9.17) is 4.42 Å². The normalized spacial score (nSPS) is 13.1. The zero-order valence-electron chi connectivity index (χ0n) is 15.4. The number of hydrogen-bond acceptors (Lipinski definition) is 3. The van der Waals surface area contributed by atoms with E-state index in [2.05, 4.69) is 28.1 Å². The Morgan fingerprint density at radius 1 is 1.00 bits per heavy atom. The van der Waals surface area contributed by atoms with Gasteiger partial charge in [0.1, 0.15) is 0 Å². The summed E-state index contributed by atoms with van der Waals surface area (Å²) >= 11 is 3.21. The summed E-state index contributed by atoms with van der Waals surface area (Å²) < 4.78 is 5.86. The summed E-state index contributed by atoms with van der Waals surface area (Å²) in [6.07, 6.45) is 0.833. The van der Waals surface area contributed by atoms with Gasteiger partial charge in [-0.25, -0.2) is 0 Å². The molecule has 2 amide bonds. The lowest BCUT2D eigenvalue weighted by Gasteiger charge is -2.30. The molecule has 0 bridgehead atoms. The van der Waals surface area contributed by atoms with Crippen LogP contribution in [0.5, 0.6) is 0 Å². The molecule has 1 aromatic heterocycles. The molecule has 6 heteroatoms. The minimum absolute atomic E-state index is 0.0784. The molecule has 0 fully saturated rings. The van der Waals surface area contributed by atoms with Gasteiger partial charge in [0.05, 0.1) is 11.3 Å². The Kier molecular flexibility index (Phi) is 5.05. The second-order valence-corrected chi connectivity index (χ2v) is 7.51. The smallest absolute Gasteiger partial charge is 0.293 e. The Morgan fingerprint density at radius 2 is 1.71 bits per heavy atom. The number of benzene rings is 2. The molecule has 2 aromatic carbocycles. The first-order valence-electron chi connectivity index (χ1n) is 9.03. The third-order valence-electron chi connectivity index (χ3n) is 5.00. The van der Waals surface area contributed by atoms with Crippen molar-refractivity contribution in [3.8, 4) is 0 Å². The molecule has 4 rings (SSSR count). The van der Waals surface area contributed by atoms with Crippen LogP contribution in [0.4, 0.5) is 5.69 Å². The van der Waals surface area contributed by atoms with E-state index in [1.165, 1.54) is 16.0 Å². The summed E-state index contributed by atoms with van der Waals surface area (Å²) in [4.78, 5) is 29.3. The fourth-order valence-electron chi connectivity index (χ4n) is 3.49. The fourth-order valence-corrected chi connectivity index (χ4v) is 3.80. The molecule has 5 nitrogen and oxygen atoms in total. The zero-order valence-corrected chi connectivity index (χ0v) is 17.0. The minimum atomic E-state index is -0.310. The number of fused-ring (bicyclic) bond motifs is 1. The number of anilines is 1. The molecule has 0 saturated heterocycles. The maximum absolute atomic E-state index is 13.3. The molecule has 0 spiro atoms.